The van der Waals surface area contributed by atoms with Crippen LogP contribution in [0.4, 0.5) is 4.39 Å². The van der Waals surface area contributed by atoms with Crippen molar-refractivity contribution >= 4 is 35.1 Å². The summed E-state index contributed by atoms with van der Waals surface area (Å²) in [4.78, 5) is 12.8. The Hall–Kier alpha value is -1.04. The molecule has 1 amide bonds. The molecule has 6 nitrogen and oxygen atoms in total. The summed E-state index contributed by atoms with van der Waals surface area (Å²) in [5.41, 5.74) is -0.183. The highest BCUT2D eigenvalue weighted by Gasteiger charge is 2.40. The number of nitrogens with one attached hydrogen (secondary N) is 1. The quantitative estimate of drug-likeness (QED) is 0.465. The lowest BCUT2D eigenvalue weighted by Gasteiger charge is -2.39. The zero-order chi connectivity index (χ0) is 25.1. The number of amides is 1. The highest BCUT2D eigenvalue weighted by molar-refractivity contribution is 6.74. The van der Waals surface area contributed by atoms with Gasteiger partial charge in [0.1, 0.15) is 5.82 Å². The first-order valence-electron chi connectivity index (χ1n) is 11.0. The van der Waals surface area contributed by atoms with Crippen LogP contribution < -0.4 is 10.8 Å². The summed E-state index contributed by atoms with van der Waals surface area (Å²) in [6.45, 7) is 22.0. The summed E-state index contributed by atoms with van der Waals surface area (Å²) in [5, 5.41) is 21.3. The topological polar surface area (TPSA) is 88.0 Å². The SMILES string of the molecule is CC(C)(C)[Si](C)(C)OCC(CO[Si](C)(C)C(C)(C)C)NC(=O)c1ccc(B(O)O)cc1F. The summed E-state index contributed by atoms with van der Waals surface area (Å²) >= 11 is 0. The average Bonchev–Trinajstić information content (AvgIpc) is 2.61. The van der Waals surface area contributed by atoms with Crippen molar-refractivity contribution in [3.8, 4) is 0 Å². The van der Waals surface area contributed by atoms with Gasteiger partial charge in [-0.15, -0.1) is 0 Å². The standard InChI is InChI=1S/C22H41BFNO5Si2/c1-21(2,3)31(7,8)29-14-17(15-30-32(9,10)22(4,5)6)25-20(26)18-12-11-16(23(27)28)13-19(18)24/h11-13,17,27-28H,14-15H2,1-10H3,(H,25,26). The molecule has 1 rings (SSSR count). The van der Waals surface area contributed by atoms with Crippen LogP contribution in [0.5, 0.6) is 0 Å². The Morgan fingerprint density at radius 2 is 1.44 bits per heavy atom. The van der Waals surface area contributed by atoms with Crippen LogP contribution in [0.3, 0.4) is 0 Å². The summed E-state index contributed by atoms with van der Waals surface area (Å²) < 4.78 is 27.1. The van der Waals surface area contributed by atoms with Crippen LogP contribution in [0.1, 0.15) is 51.9 Å². The van der Waals surface area contributed by atoms with E-state index in [1.165, 1.54) is 12.1 Å². The second-order valence-corrected chi connectivity index (χ2v) is 21.0. The maximum Gasteiger partial charge on any atom is 0.488 e. The van der Waals surface area contributed by atoms with E-state index >= 15 is 0 Å². The first-order chi connectivity index (χ1) is 14.3. The van der Waals surface area contributed by atoms with Gasteiger partial charge in [0.2, 0.25) is 0 Å². The van der Waals surface area contributed by atoms with Gasteiger partial charge in [0.05, 0.1) is 24.8 Å². The lowest BCUT2D eigenvalue weighted by molar-refractivity contribution is 0.0883. The molecule has 3 N–H and O–H groups in total. The molecule has 0 spiro atoms. The third kappa shape index (κ3) is 7.77. The monoisotopic (exact) mass is 485 g/mol. The smallest absolute Gasteiger partial charge is 0.423 e. The van der Waals surface area contributed by atoms with Crippen molar-refractivity contribution in [2.24, 2.45) is 0 Å². The minimum atomic E-state index is -2.07. The van der Waals surface area contributed by atoms with E-state index in [2.05, 4.69) is 73.0 Å². The van der Waals surface area contributed by atoms with Crippen LogP contribution in [0.2, 0.25) is 36.3 Å². The molecule has 32 heavy (non-hydrogen) atoms. The molecular formula is C22H41BFNO5Si2. The molecule has 1 aromatic carbocycles. The third-order valence-corrected chi connectivity index (χ3v) is 15.8. The number of hydrogen-bond donors (Lipinski definition) is 3. The molecular weight excluding hydrogens is 444 g/mol. The van der Waals surface area contributed by atoms with Gasteiger partial charge < -0.3 is 24.2 Å². The van der Waals surface area contributed by atoms with Crippen molar-refractivity contribution in [3.05, 3.63) is 29.6 Å². The third-order valence-electron chi connectivity index (χ3n) is 6.77. The highest BCUT2D eigenvalue weighted by atomic mass is 28.4. The number of rotatable bonds is 9. The van der Waals surface area contributed by atoms with Crippen molar-refractivity contribution in [2.75, 3.05) is 13.2 Å². The number of hydrogen-bond acceptors (Lipinski definition) is 5. The maximum atomic E-state index is 14.4. The van der Waals surface area contributed by atoms with Gasteiger partial charge >= 0.3 is 7.12 Å². The van der Waals surface area contributed by atoms with E-state index in [9.17, 15) is 19.2 Å². The second-order valence-electron chi connectivity index (χ2n) is 11.4. The molecule has 0 radical (unpaired) electrons. The van der Waals surface area contributed by atoms with E-state index in [-0.39, 0.29) is 34.3 Å². The van der Waals surface area contributed by atoms with Crippen molar-refractivity contribution in [1.29, 1.82) is 0 Å². The summed E-state index contributed by atoms with van der Waals surface area (Å²) in [7, 11) is -5.93. The Kier molecular flexibility index (Phi) is 9.50. The first-order valence-corrected chi connectivity index (χ1v) is 16.8. The number of benzene rings is 1. The lowest BCUT2D eigenvalue weighted by Crippen LogP contribution is -2.50. The molecule has 0 fully saturated rings. The minimum Gasteiger partial charge on any atom is -0.423 e. The molecule has 0 saturated heterocycles. The summed E-state index contributed by atoms with van der Waals surface area (Å²) in [5.74, 6) is -1.41. The van der Waals surface area contributed by atoms with Crippen LogP contribution in [-0.2, 0) is 8.85 Å². The van der Waals surface area contributed by atoms with E-state index in [1.807, 2.05) is 0 Å². The van der Waals surface area contributed by atoms with Crippen LogP contribution >= 0.6 is 0 Å². The fourth-order valence-corrected chi connectivity index (χ4v) is 4.42. The molecule has 1 aromatic rings. The van der Waals surface area contributed by atoms with Gasteiger partial charge in [0.25, 0.3) is 5.91 Å². The molecule has 0 saturated carbocycles. The van der Waals surface area contributed by atoms with E-state index in [0.717, 1.165) is 6.07 Å². The van der Waals surface area contributed by atoms with E-state index in [1.54, 1.807) is 0 Å². The van der Waals surface area contributed by atoms with E-state index in [0.29, 0.717) is 0 Å². The molecule has 0 aliphatic rings. The predicted octanol–water partition coefficient (Wildman–Crippen LogP) is 3.65. The zero-order valence-corrected chi connectivity index (χ0v) is 23.3. The van der Waals surface area contributed by atoms with Crippen LogP contribution in [-0.4, -0.2) is 59.0 Å². The molecule has 0 aromatic heterocycles. The molecule has 10 heteroatoms. The molecule has 0 heterocycles. The van der Waals surface area contributed by atoms with Crippen LogP contribution in [0, 0.1) is 5.82 Å². The molecule has 0 aliphatic heterocycles. The van der Waals surface area contributed by atoms with Gasteiger partial charge in [-0.2, -0.15) is 0 Å². The van der Waals surface area contributed by atoms with Gasteiger partial charge in [-0.05, 0) is 53.9 Å². The fraction of sp³-hybridized carbons (Fsp3) is 0.682. The van der Waals surface area contributed by atoms with E-state index < -0.39 is 41.5 Å². The average molecular weight is 486 g/mol. The molecule has 0 aliphatic carbocycles. The Labute approximate surface area is 195 Å². The Bertz CT molecular complexity index is 762. The molecule has 0 unspecified atom stereocenters. The van der Waals surface area contributed by atoms with Gasteiger partial charge in [-0.3, -0.25) is 4.79 Å². The maximum absolute atomic E-state index is 14.4. The molecule has 0 atom stereocenters. The van der Waals surface area contributed by atoms with Crippen LogP contribution in [0.25, 0.3) is 0 Å². The number of carbonyl (C=O) groups is 1. The normalized spacial score (nSPS) is 13.4. The fourth-order valence-electron chi connectivity index (χ4n) is 2.32. The minimum absolute atomic E-state index is 0.00884. The van der Waals surface area contributed by atoms with Crippen LogP contribution in [0.15, 0.2) is 18.2 Å². The molecule has 182 valence electrons. The first kappa shape index (κ1) is 29.0. The van der Waals surface area contributed by atoms with Crippen molar-refractivity contribution < 1.29 is 28.1 Å². The Balaban J connectivity index is 3.05. The Morgan fingerprint density at radius 3 is 1.78 bits per heavy atom. The van der Waals surface area contributed by atoms with Gasteiger partial charge in [0, 0.05) is 0 Å². The Morgan fingerprint density at radius 1 is 1.00 bits per heavy atom. The second kappa shape index (κ2) is 10.5. The zero-order valence-electron chi connectivity index (χ0n) is 21.3. The van der Waals surface area contributed by atoms with Crippen molar-refractivity contribution in [3.63, 3.8) is 0 Å². The van der Waals surface area contributed by atoms with Crippen molar-refractivity contribution in [2.45, 2.75) is 83.8 Å². The largest absolute Gasteiger partial charge is 0.488 e. The predicted molar refractivity (Wildman–Crippen MR) is 134 cm³/mol. The lowest BCUT2D eigenvalue weighted by atomic mass is 9.80. The number of halogens is 1. The van der Waals surface area contributed by atoms with Gasteiger partial charge in [-0.25, -0.2) is 4.39 Å². The summed E-state index contributed by atoms with van der Waals surface area (Å²) in [6.07, 6.45) is 0. The number of carbonyl (C=O) groups excluding carboxylic acids is 1. The van der Waals surface area contributed by atoms with E-state index in [4.69, 9.17) is 8.85 Å². The summed E-state index contributed by atoms with van der Waals surface area (Å²) in [6, 6.07) is 3.07. The highest BCUT2D eigenvalue weighted by Crippen LogP contribution is 2.38. The van der Waals surface area contributed by atoms with Gasteiger partial charge in [-0.1, -0.05) is 47.6 Å². The van der Waals surface area contributed by atoms with Gasteiger partial charge in [0.15, 0.2) is 16.6 Å². The molecule has 0 bridgehead atoms. The van der Waals surface area contributed by atoms with Crippen molar-refractivity contribution in [1.82, 2.24) is 5.32 Å².